The molecule has 1 saturated carbocycles. The summed E-state index contributed by atoms with van der Waals surface area (Å²) in [6, 6.07) is 25.0. The van der Waals surface area contributed by atoms with Gasteiger partial charge in [0.25, 0.3) is 11.8 Å². The maximum atomic E-state index is 15.3. The van der Waals surface area contributed by atoms with E-state index in [1.54, 1.807) is 66.7 Å². The number of benzene rings is 4. The highest BCUT2D eigenvalue weighted by Crippen LogP contribution is 2.65. The molecule has 0 spiro atoms. The molecule has 12 heteroatoms. The lowest BCUT2D eigenvalue weighted by Gasteiger charge is -2.50. The molecule has 258 valence electrons. The first-order valence-electron chi connectivity index (χ1n) is 16.4. The van der Waals surface area contributed by atoms with Crippen LogP contribution in [0.1, 0.15) is 29.9 Å². The molecular weight excluding hydrogens is 713 g/mol. The van der Waals surface area contributed by atoms with Gasteiger partial charge in [-0.15, -0.1) is 0 Å². The van der Waals surface area contributed by atoms with Gasteiger partial charge in [-0.05, 0) is 84.5 Å². The molecule has 2 heterocycles. The highest BCUT2D eigenvalue weighted by molar-refractivity contribution is 6.36. The number of allylic oxidation sites excluding steroid dienone is 2. The number of nitrogens with one attached hydrogen (secondary N) is 1. The smallest absolute Gasteiger partial charge is 0.260 e. The number of nitrogens with zero attached hydrogens (tertiary/aromatic N) is 2. The summed E-state index contributed by atoms with van der Waals surface area (Å²) in [5.41, 5.74) is 3.93. The van der Waals surface area contributed by atoms with E-state index in [2.05, 4.69) is 5.43 Å². The number of methoxy groups -OCH3 is 1. The van der Waals surface area contributed by atoms with Gasteiger partial charge in [-0.3, -0.25) is 29.5 Å². The van der Waals surface area contributed by atoms with Gasteiger partial charge in [-0.25, -0.2) is 0 Å². The maximum Gasteiger partial charge on any atom is 0.260 e. The SMILES string of the molecule is COc1ccc([C@@]23C(=O)N(Nc4ccc(Cl)cc4Cl)C(=O)[C@@H]2C[C@@H]2C(=CC[C@@H]4C(=O)N(c5ccccc5)C(=O)[C@@H]42)[C@@H]3c2ccc(O)cc2Cl)cc1. The predicted molar refractivity (Wildman–Crippen MR) is 193 cm³/mol. The van der Waals surface area contributed by atoms with Crippen LogP contribution in [0.2, 0.25) is 15.1 Å². The molecule has 4 aliphatic rings. The van der Waals surface area contributed by atoms with E-state index in [0.29, 0.717) is 27.6 Å². The third kappa shape index (κ3) is 4.97. The van der Waals surface area contributed by atoms with Gasteiger partial charge < -0.3 is 9.84 Å². The number of carbonyl (C=O) groups excluding carboxylic acids is 4. The standard InChI is InChI=1S/C39H30Cl3N3O6/c1-51-24-11-7-20(8-12-24)39-29(36(48)45(38(39)50)43-32-16-9-21(40)17-31(32)42)19-28-25(34(39)26-13-10-23(46)18-30(26)41)14-15-27-33(28)37(49)44(35(27)47)22-5-3-2-4-6-22/h2-14,16-18,27-29,33-34,43,46H,15,19H2,1H3/t27-,28+,29-,33-,34+,39+/m0/s1. The summed E-state index contributed by atoms with van der Waals surface area (Å²) in [4.78, 5) is 59.7. The van der Waals surface area contributed by atoms with E-state index < -0.39 is 46.8 Å². The summed E-state index contributed by atoms with van der Waals surface area (Å²) in [7, 11) is 1.54. The molecular formula is C39H30Cl3N3O6. The normalized spacial score (nSPS) is 26.8. The number of hydrogen-bond donors (Lipinski definition) is 2. The molecule has 2 saturated heterocycles. The molecule has 2 aliphatic heterocycles. The predicted octanol–water partition coefficient (Wildman–Crippen LogP) is 7.55. The minimum Gasteiger partial charge on any atom is -0.508 e. The lowest BCUT2D eigenvalue weighted by Crippen LogP contribution is -2.53. The van der Waals surface area contributed by atoms with E-state index in [4.69, 9.17) is 39.5 Å². The van der Waals surface area contributed by atoms with Gasteiger partial charge in [0, 0.05) is 16.0 Å². The van der Waals surface area contributed by atoms with Crippen molar-refractivity contribution in [3.05, 3.63) is 129 Å². The molecule has 2 aliphatic carbocycles. The van der Waals surface area contributed by atoms with Gasteiger partial charge in [0.1, 0.15) is 11.5 Å². The van der Waals surface area contributed by atoms with Crippen LogP contribution < -0.4 is 15.1 Å². The van der Waals surface area contributed by atoms with E-state index in [9.17, 15) is 19.5 Å². The molecule has 8 rings (SSSR count). The van der Waals surface area contributed by atoms with Crippen molar-refractivity contribution >= 4 is 69.8 Å². The quantitative estimate of drug-likeness (QED) is 0.155. The van der Waals surface area contributed by atoms with Gasteiger partial charge in [-0.1, -0.05) is 82.9 Å². The van der Waals surface area contributed by atoms with Crippen LogP contribution in [0.15, 0.2) is 103 Å². The van der Waals surface area contributed by atoms with E-state index >= 15 is 4.79 Å². The zero-order chi connectivity index (χ0) is 35.8. The number of imide groups is 2. The molecule has 2 N–H and O–H groups in total. The van der Waals surface area contributed by atoms with E-state index in [1.807, 2.05) is 12.1 Å². The van der Waals surface area contributed by atoms with Crippen molar-refractivity contribution in [3.63, 3.8) is 0 Å². The average molecular weight is 743 g/mol. The Kier molecular flexibility index (Phi) is 8.13. The molecule has 0 bridgehead atoms. The molecule has 3 fully saturated rings. The highest BCUT2D eigenvalue weighted by Gasteiger charge is 2.70. The van der Waals surface area contributed by atoms with E-state index in [1.165, 1.54) is 30.2 Å². The summed E-state index contributed by atoms with van der Waals surface area (Å²) < 4.78 is 5.45. The number of aromatic hydroxyl groups is 1. The van der Waals surface area contributed by atoms with Crippen molar-refractivity contribution in [3.8, 4) is 11.5 Å². The molecule has 4 aromatic rings. The first kappa shape index (κ1) is 33.3. The fourth-order valence-corrected chi connectivity index (χ4v) is 9.50. The second kappa shape index (κ2) is 12.4. The summed E-state index contributed by atoms with van der Waals surface area (Å²) in [5.74, 6) is -5.15. The van der Waals surface area contributed by atoms with Crippen LogP contribution in [-0.2, 0) is 24.6 Å². The van der Waals surface area contributed by atoms with Gasteiger partial charge in [0.2, 0.25) is 11.8 Å². The molecule has 6 atom stereocenters. The Morgan fingerprint density at radius 2 is 1.57 bits per heavy atom. The molecule has 0 aromatic heterocycles. The number of phenols is 1. The van der Waals surface area contributed by atoms with E-state index in [-0.39, 0.29) is 46.1 Å². The number of anilines is 2. The lowest BCUT2D eigenvalue weighted by molar-refractivity contribution is -0.138. The summed E-state index contributed by atoms with van der Waals surface area (Å²) in [5, 5.41) is 12.2. The molecule has 0 unspecified atom stereocenters. The van der Waals surface area contributed by atoms with E-state index in [0.717, 1.165) is 10.6 Å². The van der Waals surface area contributed by atoms with Crippen molar-refractivity contribution in [2.45, 2.75) is 24.2 Å². The Hall–Kier alpha value is -4.83. The third-order valence-electron chi connectivity index (χ3n) is 10.9. The zero-order valence-electron chi connectivity index (χ0n) is 27.1. The lowest BCUT2D eigenvalue weighted by atomic mass is 9.49. The van der Waals surface area contributed by atoms with Gasteiger partial charge in [0.05, 0.1) is 46.7 Å². The number of fused-ring (bicyclic) bond motifs is 4. The van der Waals surface area contributed by atoms with Crippen LogP contribution in [0, 0.1) is 23.7 Å². The molecule has 9 nitrogen and oxygen atoms in total. The van der Waals surface area contributed by atoms with Crippen LogP contribution in [0.3, 0.4) is 0 Å². The fourth-order valence-electron chi connectivity index (χ4n) is 8.77. The number of carbonyl (C=O) groups is 4. The number of rotatable bonds is 6. The van der Waals surface area contributed by atoms with Crippen LogP contribution in [0.4, 0.5) is 11.4 Å². The first-order valence-corrected chi connectivity index (χ1v) is 17.6. The molecule has 51 heavy (non-hydrogen) atoms. The van der Waals surface area contributed by atoms with Gasteiger partial charge >= 0.3 is 0 Å². The van der Waals surface area contributed by atoms with Crippen molar-refractivity contribution < 1.29 is 29.0 Å². The summed E-state index contributed by atoms with van der Waals surface area (Å²) in [6.07, 6.45) is 2.30. The Morgan fingerprint density at radius 3 is 2.25 bits per heavy atom. The number of hydrazine groups is 1. The number of amides is 4. The number of phenolic OH excluding ortho intramolecular Hbond substituents is 1. The number of ether oxygens (including phenoxy) is 1. The minimum absolute atomic E-state index is 0.0755. The average Bonchev–Trinajstić information content (AvgIpc) is 3.50. The molecule has 4 amide bonds. The second-order valence-electron chi connectivity index (χ2n) is 13.3. The van der Waals surface area contributed by atoms with Crippen molar-refractivity contribution in [2.24, 2.45) is 23.7 Å². The van der Waals surface area contributed by atoms with Crippen LogP contribution in [0.5, 0.6) is 11.5 Å². The zero-order valence-corrected chi connectivity index (χ0v) is 29.3. The fraction of sp³-hybridized carbons (Fsp3) is 0.231. The molecule has 4 aromatic carbocycles. The first-order chi connectivity index (χ1) is 24.6. The topological polar surface area (TPSA) is 116 Å². The highest BCUT2D eigenvalue weighted by atomic mass is 35.5. The van der Waals surface area contributed by atoms with Gasteiger partial charge in [0.15, 0.2) is 0 Å². The number of para-hydroxylation sites is 1. The number of hydrogen-bond acceptors (Lipinski definition) is 7. The third-order valence-corrected chi connectivity index (χ3v) is 11.8. The van der Waals surface area contributed by atoms with Crippen LogP contribution in [0.25, 0.3) is 0 Å². The monoisotopic (exact) mass is 741 g/mol. The van der Waals surface area contributed by atoms with Crippen molar-refractivity contribution in [1.29, 1.82) is 0 Å². The van der Waals surface area contributed by atoms with Gasteiger partial charge in [-0.2, -0.15) is 5.01 Å². The maximum absolute atomic E-state index is 15.3. The van der Waals surface area contributed by atoms with Crippen LogP contribution >= 0.6 is 34.8 Å². The summed E-state index contributed by atoms with van der Waals surface area (Å²) >= 11 is 19.6. The Bertz CT molecular complexity index is 2160. The Labute approximate surface area is 308 Å². The van der Waals surface area contributed by atoms with Crippen molar-refractivity contribution in [2.75, 3.05) is 17.4 Å². The Balaban J connectivity index is 1.34. The molecule has 0 radical (unpaired) electrons. The number of halogens is 3. The Morgan fingerprint density at radius 1 is 0.824 bits per heavy atom. The van der Waals surface area contributed by atoms with Crippen molar-refractivity contribution in [1.82, 2.24) is 5.01 Å². The minimum atomic E-state index is -1.57. The summed E-state index contributed by atoms with van der Waals surface area (Å²) in [6.45, 7) is 0. The van der Waals surface area contributed by atoms with Crippen LogP contribution in [-0.4, -0.2) is 40.9 Å². The largest absolute Gasteiger partial charge is 0.508 e. The second-order valence-corrected chi connectivity index (χ2v) is 14.5.